The van der Waals surface area contributed by atoms with E-state index >= 15 is 0 Å². The van der Waals surface area contributed by atoms with Crippen LogP contribution in [0.2, 0.25) is 5.02 Å². The van der Waals surface area contributed by atoms with Gasteiger partial charge in [0.05, 0.1) is 18.2 Å². The van der Waals surface area contributed by atoms with E-state index < -0.39 is 0 Å². The molecule has 0 aliphatic rings. The van der Waals surface area contributed by atoms with Crippen molar-refractivity contribution in [1.29, 1.82) is 0 Å². The smallest absolute Gasteiger partial charge is 0.180 e. The van der Waals surface area contributed by atoms with Gasteiger partial charge in [-0.05, 0) is 24.3 Å². The number of methoxy groups -OCH3 is 1. The number of aromatic nitrogens is 2. The van der Waals surface area contributed by atoms with Crippen molar-refractivity contribution < 1.29 is 9.26 Å². The number of nitrogens with two attached hydrogens (primary N) is 1. The minimum atomic E-state index is 0.292. The molecule has 0 aliphatic carbocycles. The van der Waals surface area contributed by atoms with Crippen LogP contribution in [0.25, 0.3) is 22.5 Å². The molecule has 2 aromatic heterocycles. The number of benzene rings is 1. The summed E-state index contributed by atoms with van der Waals surface area (Å²) in [5, 5.41) is 4.42. The Balaban J connectivity index is 2.24. The summed E-state index contributed by atoms with van der Waals surface area (Å²) in [6, 6.07) is 8.97. The maximum absolute atomic E-state index is 6.07. The largest absolute Gasteiger partial charge is 0.496 e. The average molecular weight is 302 g/mol. The summed E-state index contributed by atoms with van der Waals surface area (Å²) in [7, 11) is 1.58. The molecule has 106 valence electrons. The van der Waals surface area contributed by atoms with Crippen molar-refractivity contribution in [2.24, 2.45) is 0 Å². The van der Waals surface area contributed by atoms with Crippen molar-refractivity contribution >= 4 is 17.4 Å². The van der Waals surface area contributed by atoms with E-state index in [0.717, 1.165) is 5.56 Å². The zero-order valence-electron chi connectivity index (χ0n) is 11.2. The molecule has 1 aromatic carbocycles. The first-order chi connectivity index (χ1) is 10.2. The maximum Gasteiger partial charge on any atom is 0.180 e. The molecule has 5 nitrogen and oxygen atoms in total. The maximum atomic E-state index is 6.07. The summed E-state index contributed by atoms with van der Waals surface area (Å²) < 4.78 is 10.7. The first kappa shape index (κ1) is 13.5. The molecule has 3 aromatic rings. The van der Waals surface area contributed by atoms with Crippen molar-refractivity contribution in [3.63, 3.8) is 0 Å². The molecule has 0 atom stereocenters. The van der Waals surface area contributed by atoms with E-state index in [2.05, 4.69) is 10.1 Å². The van der Waals surface area contributed by atoms with Crippen molar-refractivity contribution in [2.45, 2.75) is 0 Å². The van der Waals surface area contributed by atoms with Gasteiger partial charge < -0.3 is 15.0 Å². The molecular formula is C15H12ClN3O2. The Morgan fingerprint density at radius 1 is 1.29 bits per heavy atom. The first-order valence-corrected chi connectivity index (χ1v) is 6.58. The van der Waals surface area contributed by atoms with Gasteiger partial charge in [0.1, 0.15) is 5.75 Å². The number of hydrogen-bond donors (Lipinski definition) is 1. The highest BCUT2D eigenvalue weighted by Gasteiger charge is 2.21. The third-order valence-corrected chi connectivity index (χ3v) is 3.31. The second-order valence-corrected chi connectivity index (χ2v) is 4.79. The molecule has 0 radical (unpaired) electrons. The average Bonchev–Trinajstić information content (AvgIpc) is 2.89. The van der Waals surface area contributed by atoms with Crippen LogP contribution in [0.3, 0.4) is 0 Å². The molecular weight excluding hydrogens is 290 g/mol. The van der Waals surface area contributed by atoms with Gasteiger partial charge in [-0.3, -0.25) is 4.98 Å². The van der Waals surface area contributed by atoms with Crippen LogP contribution < -0.4 is 10.5 Å². The van der Waals surface area contributed by atoms with Gasteiger partial charge in [0.25, 0.3) is 0 Å². The Kier molecular flexibility index (Phi) is 3.50. The molecule has 21 heavy (non-hydrogen) atoms. The minimum absolute atomic E-state index is 0.292. The van der Waals surface area contributed by atoms with E-state index in [1.807, 2.05) is 12.1 Å². The van der Waals surface area contributed by atoms with Gasteiger partial charge in [-0.1, -0.05) is 22.8 Å². The molecule has 0 amide bonds. The Hall–Kier alpha value is -2.53. The van der Waals surface area contributed by atoms with E-state index in [0.29, 0.717) is 33.5 Å². The Morgan fingerprint density at radius 3 is 2.86 bits per heavy atom. The Morgan fingerprint density at radius 2 is 2.14 bits per heavy atom. The van der Waals surface area contributed by atoms with E-state index in [-0.39, 0.29) is 0 Å². The molecule has 0 unspecified atom stereocenters. The summed E-state index contributed by atoms with van der Waals surface area (Å²) in [5.41, 5.74) is 8.11. The van der Waals surface area contributed by atoms with E-state index in [1.165, 1.54) is 0 Å². The van der Waals surface area contributed by atoms with Crippen LogP contribution in [0.5, 0.6) is 5.75 Å². The fraction of sp³-hybridized carbons (Fsp3) is 0.0667. The van der Waals surface area contributed by atoms with Crippen LogP contribution in [0.15, 0.2) is 47.2 Å². The molecule has 0 spiro atoms. The van der Waals surface area contributed by atoms with Gasteiger partial charge >= 0.3 is 0 Å². The highest BCUT2D eigenvalue weighted by atomic mass is 35.5. The fourth-order valence-electron chi connectivity index (χ4n) is 2.13. The Labute approximate surface area is 126 Å². The lowest BCUT2D eigenvalue weighted by molar-refractivity contribution is 0.407. The minimum Gasteiger partial charge on any atom is -0.496 e. The number of pyridine rings is 1. The number of rotatable bonds is 3. The molecule has 2 N–H and O–H groups in total. The van der Waals surface area contributed by atoms with Gasteiger partial charge in [-0.15, -0.1) is 0 Å². The topological polar surface area (TPSA) is 74.2 Å². The Bertz CT molecular complexity index is 772. The number of ether oxygens (including phenoxy) is 1. The second kappa shape index (κ2) is 5.46. The summed E-state index contributed by atoms with van der Waals surface area (Å²) in [5.74, 6) is 1.42. The summed E-state index contributed by atoms with van der Waals surface area (Å²) in [4.78, 5) is 4.09. The number of hydrogen-bond acceptors (Lipinski definition) is 5. The molecule has 2 heterocycles. The van der Waals surface area contributed by atoms with Crippen LogP contribution >= 0.6 is 11.6 Å². The monoisotopic (exact) mass is 301 g/mol. The van der Waals surface area contributed by atoms with Crippen LogP contribution in [0, 0.1) is 0 Å². The van der Waals surface area contributed by atoms with E-state index in [9.17, 15) is 0 Å². The van der Waals surface area contributed by atoms with E-state index in [1.54, 1.807) is 37.7 Å². The van der Waals surface area contributed by atoms with Crippen molar-refractivity contribution in [3.8, 4) is 28.2 Å². The van der Waals surface area contributed by atoms with Gasteiger partial charge in [0.15, 0.2) is 11.6 Å². The lowest BCUT2D eigenvalue weighted by Gasteiger charge is -2.08. The zero-order chi connectivity index (χ0) is 14.8. The summed E-state index contributed by atoms with van der Waals surface area (Å²) in [6.07, 6.45) is 3.39. The number of nitrogens with zero attached hydrogens (tertiary/aromatic N) is 2. The fourth-order valence-corrected chi connectivity index (χ4v) is 2.31. The molecule has 3 rings (SSSR count). The predicted molar refractivity (Wildman–Crippen MR) is 81.1 cm³/mol. The number of anilines is 1. The van der Waals surface area contributed by atoms with Gasteiger partial charge in [-0.2, -0.15) is 0 Å². The SMILES string of the molecule is COc1ccc(Cl)cc1-c1onc(N)c1-c1cccnc1. The first-order valence-electron chi connectivity index (χ1n) is 6.20. The lowest BCUT2D eigenvalue weighted by atomic mass is 10.0. The van der Waals surface area contributed by atoms with Crippen molar-refractivity contribution in [3.05, 3.63) is 47.7 Å². The predicted octanol–water partition coefficient (Wildman–Crippen LogP) is 3.65. The van der Waals surface area contributed by atoms with Gasteiger partial charge in [-0.25, -0.2) is 0 Å². The summed E-state index contributed by atoms with van der Waals surface area (Å²) in [6.45, 7) is 0. The quantitative estimate of drug-likeness (QED) is 0.799. The van der Waals surface area contributed by atoms with E-state index in [4.69, 9.17) is 26.6 Å². The number of nitrogen functional groups attached to an aromatic ring is 1. The third-order valence-electron chi connectivity index (χ3n) is 3.07. The lowest BCUT2D eigenvalue weighted by Crippen LogP contribution is -1.91. The molecule has 6 heteroatoms. The highest BCUT2D eigenvalue weighted by Crippen LogP contribution is 2.41. The molecule has 0 fully saturated rings. The standard InChI is InChI=1S/C15H12ClN3O2/c1-20-12-5-4-10(16)7-11(12)14-13(15(17)19-21-14)9-3-2-6-18-8-9/h2-8H,1H3,(H2,17,19). The van der Waals surface area contributed by atoms with Crippen LogP contribution in [-0.4, -0.2) is 17.3 Å². The molecule has 0 saturated carbocycles. The normalized spacial score (nSPS) is 10.6. The van der Waals surface area contributed by atoms with Gasteiger partial charge in [0, 0.05) is 23.0 Å². The van der Waals surface area contributed by atoms with Crippen LogP contribution in [0.1, 0.15) is 0 Å². The van der Waals surface area contributed by atoms with Crippen molar-refractivity contribution in [2.75, 3.05) is 12.8 Å². The summed E-state index contributed by atoms with van der Waals surface area (Å²) >= 11 is 6.07. The zero-order valence-corrected chi connectivity index (χ0v) is 12.0. The van der Waals surface area contributed by atoms with Crippen LogP contribution in [-0.2, 0) is 0 Å². The second-order valence-electron chi connectivity index (χ2n) is 4.36. The number of halogens is 1. The van der Waals surface area contributed by atoms with Crippen LogP contribution in [0.4, 0.5) is 5.82 Å². The van der Waals surface area contributed by atoms with Gasteiger partial charge in [0.2, 0.25) is 0 Å². The molecule has 0 saturated heterocycles. The molecule has 0 bridgehead atoms. The highest BCUT2D eigenvalue weighted by molar-refractivity contribution is 6.31. The van der Waals surface area contributed by atoms with Crippen molar-refractivity contribution in [1.82, 2.24) is 10.1 Å². The molecule has 0 aliphatic heterocycles. The third kappa shape index (κ3) is 2.43.